The van der Waals surface area contributed by atoms with Crippen LogP contribution in [0.25, 0.3) is 44.2 Å². The van der Waals surface area contributed by atoms with Gasteiger partial charge in [0.1, 0.15) is 35.3 Å². The van der Waals surface area contributed by atoms with E-state index in [2.05, 4.69) is 30.9 Å². The number of ether oxygens (including phenoxy) is 7. The first-order valence-electron chi connectivity index (χ1n) is 32.2. The van der Waals surface area contributed by atoms with Crippen molar-refractivity contribution in [2.24, 2.45) is 0 Å². The molecule has 0 aliphatic carbocycles. The van der Waals surface area contributed by atoms with Gasteiger partial charge < -0.3 is 72.3 Å². The van der Waals surface area contributed by atoms with E-state index in [-0.39, 0.29) is 79.9 Å². The average Bonchev–Trinajstić information content (AvgIpc) is 1.60. The second-order valence-electron chi connectivity index (χ2n) is 24.9. The summed E-state index contributed by atoms with van der Waals surface area (Å²) in [5.41, 5.74) is 5.79. The molecule has 3 aromatic heterocycles. The number of hydrogen-bond donors (Lipinski definition) is 3. The molecule has 1 aliphatic rings. The van der Waals surface area contributed by atoms with Crippen LogP contribution >= 0.6 is 15.9 Å². The van der Waals surface area contributed by atoms with Crippen LogP contribution in [0.1, 0.15) is 90.2 Å². The minimum absolute atomic E-state index is 0. The van der Waals surface area contributed by atoms with E-state index in [1.54, 1.807) is 72.8 Å². The standard InChI is InChI=1S/C27H30N2O6S.C25H33BN2O7S.C19H21BrN2O5S.2CH3.2W/c1-5-34-24-10-8-7-9-20(24)18-11-13-22-21(15-18)28-27(30)29(22)23(17-36(4,31)32)19-12-14-25(33-3)26(16-19)35-6-2;1-8-33-22-13-16(9-12-21(22)32-6)20(15-36(7,30)31)28-19-11-10-17(14-18(19)27-23(28)29)26-34-24(2,3)25(4,5)35-26;1-4-27-18-9-12(5-8-17(18)26-2)16(11-28(3,24)25)22-15-7-6-13(20)10-14(15)21-19(22)23;;;;/h7-16,23H,5-6,17H2,1-4H3,(H,28,30);9-14,20H,8,15H2,1-7H3,(H,27,29);5-10,16H,4,11H2,1-3H3,(H,21,23);2*1H3;;/q;;;2*-1;;/t23-;20-;16-;;;;/m111..../s1. The van der Waals surface area contributed by atoms with Crippen molar-refractivity contribution in [1.82, 2.24) is 28.7 Å². The quantitative estimate of drug-likeness (QED) is 0.0354. The number of nitrogens with zero attached hydrogens (tertiary/aromatic N) is 3. The van der Waals surface area contributed by atoms with Crippen molar-refractivity contribution in [3.8, 4) is 51.4 Å². The number of aromatic amines is 3. The van der Waals surface area contributed by atoms with Gasteiger partial charge in [-0.05, 0) is 168 Å². The zero-order valence-electron chi connectivity index (χ0n) is 61.1. The van der Waals surface area contributed by atoms with E-state index in [9.17, 15) is 39.6 Å². The van der Waals surface area contributed by atoms with E-state index in [0.29, 0.717) is 111 Å². The van der Waals surface area contributed by atoms with Crippen LogP contribution in [0.3, 0.4) is 0 Å². The smallest absolute Gasteiger partial charge is 0.493 e. The number of halogens is 1. The Morgan fingerprint density at radius 2 is 0.779 bits per heavy atom. The molecule has 4 heterocycles. The second kappa shape index (κ2) is 36.3. The van der Waals surface area contributed by atoms with Crippen molar-refractivity contribution in [1.29, 1.82) is 0 Å². The van der Waals surface area contributed by atoms with Gasteiger partial charge in [-0.2, -0.15) is 0 Å². The maximum Gasteiger partial charge on any atom is 0.494 e. The molecule has 3 N–H and O–H groups in total. The van der Waals surface area contributed by atoms with Crippen LogP contribution < -0.4 is 55.7 Å². The number of methoxy groups -OCH3 is 3. The van der Waals surface area contributed by atoms with Gasteiger partial charge in [0.25, 0.3) is 0 Å². The van der Waals surface area contributed by atoms with Crippen LogP contribution in [-0.2, 0) is 81.0 Å². The summed E-state index contributed by atoms with van der Waals surface area (Å²) in [6.45, 7) is 17.2. The summed E-state index contributed by atoms with van der Waals surface area (Å²) in [7, 11) is -6.27. The number of imidazole rings is 3. The maximum atomic E-state index is 13.2. The number of nitrogens with one attached hydrogen (secondary N) is 3. The Balaban J connectivity index is 0.000000278. The first-order chi connectivity index (χ1) is 47.2. The van der Waals surface area contributed by atoms with Crippen LogP contribution in [0.15, 0.2) is 152 Å². The van der Waals surface area contributed by atoms with Crippen LogP contribution in [0, 0.1) is 14.9 Å². The number of H-pyrrole nitrogens is 3. The number of para-hydroxylation sites is 1. The Morgan fingerprint density at radius 1 is 0.442 bits per heavy atom. The molecule has 0 spiro atoms. The summed E-state index contributed by atoms with van der Waals surface area (Å²) in [5.74, 6) is 3.05. The fraction of sp³-hybridized carbons (Fsp3) is 0.356. The van der Waals surface area contributed by atoms with Gasteiger partial charge in [0.05, 0.1) is 127 Å². The average molecular weight is 1890 g/mol. The summed E-state index contributed by atoms with van der Waals surface area (Å²) in [6, 6.07) is 37.4. The molecule has 1 aliphatic heterocycles. The molecule has 24 nitrogen and oxygen atoms in total. The Bertz CT molecular complexity index is 5160. The summed E-state index contributed by atoms with van der Waals surface area (Å²) in [6.07, 6.45) is 3.47. The van der Waals surface area contributed by atoms with Crippen molar-refractivity contribution >= 4 is 91.1 Å². The van der Waals surface area contributed by atoms with Crippen molar-refractivity contribution in [3.63, 3.8) is 0 Å². The zero-order chi connectivity index (χ0) is 72.8. The SMILES string of the molecule is CCOc1cc([C@@H](CS(C)(=O)=O)n2c(=O)[nH]c3cc(-c4ccccc4OCC)ccc32)ccc1OC.CCOc1cc([C@@H](CS(C)(=O)=O)n2c(=O)[nH]c3cc(B4OC(C)(C)C(C)(C)O4)ccc32)ccc1OC.CCOc1cc([C@@H](CS(C)(=O)=O)n2c(=O)[nH]c3cc(Br)ccc32)ccc1OC.[CH3-].[CH3-].[W].[W]. The molecule has 1 saturated heterocycles. The normalized spacial score (nSPS) is 14.0. The van der Waals surface area contributed by atoms with Crippen molar-refractivity contribution in [3.05, 3.63) is 201 Å². The Kier molecular flexibility index (Phi) is 30.5. The summed E-state index contributed by atoms with van der Waals surface area (Å²) in [4.78, 5) is 47.7. The van der Waals surface area contributed by atoms with Gasteiger partial charge in [-0.15, -0.1) is 0 Å². The number of aromatic nitrogens is 6. The van der Waals surface area contributed by atoms with Crippen LogP contribution in [0.5, 0.6) is 40.2 Å². The summed E-state index contributed by atoms with van der Waals surface area (Å²) < 4.78 is 130. The molecule has 1 fully saturated rings. The van der Waals surface area contributed by atoms with Crippen molar-refractivity contribution < 1.29 is 110 Å². The van der Waals surface area contributed by atoms with Gasteiger partial charge in [-0.25, -0.2) is 39.6 Å². The Labute approximate surface area is 645 Å². The fourth-order valence-corrected chi connectivity index (χ4v) is 15.0. The van der Waals surface area contributed by atoms with Crippen molar-refractivity contribution in [2.75, 3.05) is 83.8 Å². The van der Waals surface area contributed by atoms with Crippen LogP contribution in [-0.4, -0.2) is 156 Å². The number of sulfone groups is 3. The van der Waals surface area contributed by atoms with E-state index >= 15 is 0 Å². The minimum atomic E-state index is -3.46. The predicted molar refractivity (Wildman–Crippen MR) is 407 cm³/mol. The molecule has 0 saturated carbocycles. The third-order valence-electron chi connectivity index (χ3n) is 17.1. The third-order valence-corrected chi connectivity index (χ3v) is 20.3. The minimum Gasteiger partial charge on any atom is -0.493 e. The summed E-state index contributed by atoms with van der Waals surface area (Å²) in [5, 5.41) is 0. The molecular formula is C73H90BBrN6O18S3W2-2. The number of rotatable bonds is 25. The van der Waals surface area contributed by atoms with Gasteiger partial charge >= 0.3 is 24.2 Å². The van der Waals surface area contributed by atoms with E-state index in [0.717, 1.165) is 45.6 Å². The first-order valence-corrected chi connectivity index (χ1v) is 39.1. The van der Waals surface area contributed by atoms with Crippen molar-refractivity contribution in [2.45, 2.75) is 84.7 Å². The van der Waals surface area contributed by atoms with Gasteiger partial charge in [-0.1, -0.05) is 64.5 Å². The molecule has 10 aromatic rings. The van der Waals surface area contributed by atoms with Gasteiger partial charge in [0, 0.05) is 70.9 Å². The van der Waals surface area contributed by atoms with Crippen LogP contribution in [0.4, 0.5) is 0 Å². The molecule has 0 radical (unpaired) electrons. The van der Waals surface area contributed by atoms with Gasteiger partial charge in [0.15, 0.2) is 34.5 Å². The largest absolute Gasteiger partial charge is 0.494 e. The first kappa shape index (κ1) is 87.3. The van der Waals surface area contributed by atoms with Crippen LogP contribution in [0.2, 0.25) is 0 Å². The van der Waals surface area contributed by atoms with Gasteiger partial charge in [0.2, 0.25) is 0 Å². The molecular weight excluding hydrogens is 1800 g/mol. The molecule has 0 unspecified atom stereocenters. The Morgan fingerprint density at radius 3 is 1.14 bits per heavy atom. The zero-order valence-corrected chi connectivity index (χ0v) is 71.0. The molecule has 0 amide bonds. The predicted octanol–water partition coefficient (Wildman–Crippen LogP) is 11.1. The Hall–Kier alpha value is -7.36. The molecule has 562 valence electrons. The van der Waals surface area contributed by atoms with Gasteiger partial charge in [-0.3, -0.25) is 13.7 Å². The summed E-state index contributed by atoms with van der Waals surface area (Å²) >= 11 is 3.38. The number of hydrogen-bond acceptors (Lipinski definition) is 18. The monoisotopic (exact) mass is 1890 g/mol. The third kappa shape index (κ3) is 20.4. The fourth-order valence-electron chi connectivity index (χ4n) is 11.9. The molecule has 7 aromatic carbocycles. The topological polar surface area (TPSA) is 299 Å². The maximum absolute atomic E-state index is 13.2. The molecule has 3 atom stereocenters. The molecule has 31 heteroatoms. The van der Waals surface area contributed by atoms with E-state index < -0.39 is 77.3 Å². The van der Waals surface area contributed by atoms with E-state index in [4.69, 9.17) is 42.5 Å². The van der Waals surface area contributed by atoms with E-state index in [1.807, 2.05) is 116 Å². The van der Waals surface area contributed by atoms with E-state index in [1.165, 1.54) is 35.0 Å². The number of fused-ring (bicyclic) bond motifs is 3. The second-order valence-corrected chi connectivity index (χ2v) is 32.4. The molecule has 0 bridgehead atoms. The molecule has 11 rings (SSSR count). The number of benzene rings is 7. The molecule has 104 heavy (non-hydrogen) atoms.